The van der Waals surface area contributed by atoms with E-state index in [4.69, 9.17) is 4.74 Å². The molecule has 5 heteroatoms. The van der Waals surface area contributed by atoms with E-state index in [2.05, 4.69) is 10.6 Å². The number of nitrogens with one attached hydrogen (secondary N) is 2. The normalized spacial score (nSPS) is 9.91. The van der Waals surface area contributed by atoms with Gasteiger partial charge in [-0.05, 0) is 36.8 Å². The number of aryl methyl sites for hydroxylation is 1. The minimum Gasteiger partial charge on any atom is -0.484 e. The molecule has 0 aliphatic carbocycles. The molecule has 0 saturated carbocycles. The third kappa shape index (κ3) is 4.09. The maximum atomic E-state index is 12.0. The lowest BCUT2D eigenvalue weighted by Gasteiger charge is -2.11. The predicted octanol–water partition coefficient (Wildman–Crippen LogP) is 2.37. The van der Waals surface area contributed by atoms with Crippen molar-refractivity contribution in [3.63, 3.8) is 0 Å². The lowest BCUT2D eigenvalue weighted by Crippen LogP contribution is -2.24. The summed E-state index contributed by atoms with van der Waals surface area (Å²) in [6.45, 7) is 1.83. The lowest BCUT2D eigenvalue weighted by atomic mass is 10.1. The molecule has 0 unspecified atom stereocenters. The topological polar surface area (TPSA) is 67.4 Å². The molecule has 5 nitrogen and oxygen atoms in total. The van der Waals surface area contributed by atoms with Gasteiger partial charge in [0.15, 0.2) is 6.61 Å². The van der Waals surface area contributed by atoms with Gasteiger partial charge in [0.1, 0.15) is 5.75 Å². The number of rotatable bonds is 5. The second-order valence-electron chi connectivity index (χ2n) is 4.78. The Balaban J connectivity index is 1.99. The fraction of sp³-hybridized carbons (Fsp3) is 0.176. The van der Waals surface area contributed by atoms with E-state index in [1.54, 1.807) is 37.4 Å². The van der Waals surface area contributed by atoms with Crippen LogP contribution in [-0.4, -0.2) is 25.5 Å². The highest BCUT2D eigenvalue weighted by Crippen LogP contribution is 2.15. The Bertz CT molecular complexity index is 683. The first-order valence-electron chi connectivity index (χ1n) is 6.90. The van der Waals surface area contributed by atoms with Crippen LogP contribution in [0.5, 0.6) is 5.75 Å². The molecule has 2 rings (SSSR count). The zero-order valence-corrected chi connectivity index (χ0v) is 12.6. The van der Waals surface area contributed by atoms with E-state index in [-0.39, 0.29) is 18.4 Å². The molecular weight excluding hydrogens is 280 g/mol. The van der Waals surface area contributed by atoms with E-state index < -0.39 is 0 Å². The van der Waals surface area contributed by atoms with Gasteiger partial charge < -0.3 is 15.4 Å². The molecule has 2 N–H and O–H groups in total. The van der Waals surface area contributed by atoms with Crippen molar-refractivity contribution in [2.45, 2.75) is 6.92 Å². The van der Waals surface area contributed by atoms with E-state index in [0.29, 0.717) is 17.0 Å². The molecule has 2 amide bonds. The Kier molecular flexibility index (Phi) is 5.14. The third-order valence-electron chi connectivity index (χ3n) is 3.03. The van der Waals surface area contributed by atoms with Crippen LogP contribution in [0.1, 0.15) is 15.9 Å². The third-order valence-corrected chi connectivity index (χ3v) is 3.03. The number of ether oxygens (including phenoxy) is 1. The zero-order chi connectivity index (χ0) is 15.9. The first-order valence-corrected chi connectivity index (χ1v) is 6.90. The Hall–Kier alpha value is -2.82. The summed E-state index contributed by atoms with van der Waals surface area (Å²) in [6.07, 6.45) is 0. The van der Waals surface area contributed by atoms with Crippen molar-refractivity contribution in [2.24, 2.45) is 0 Å². The van der Waals surface area contributed by atoms with Crippen LogP contribution in [0.3, 0.4) is 0 Å². The first kappa shape index (κ1) is 15.6. The van der Waals surface area contributed by atoms with Crippen LogP contribution in [0.25, 0.3) is 0 Å². The van der Waals surface area contributed by atoms with Gasteiger partial charge in [-0.1, -0.05) is 24.3 Å². The van der Waals surface area contributed by atoms with E-state index >= 15 is 0 Å². The number of amides is 2. The van der Waals surface area contributed by atoms with Gasteiger partial charge in [-0.15, -0.1) is 0 Å². The summed E-state index contributed by atoms with van der Waals surface area (Å²) in [5.41, 5.74) is 1.93. The fourth-order valence-electron chi connectivity index (χ4n) is 1.97. The largest absolute Gasteiger partial charge is 0.484 e. The Morgan fingerprint density at radius 3 is 2.59 bits per heavy atom. The van der Waals surface area contributed by atoms with Crippen LogP contribution in [0.15, 0.2) is 48.5 Å². The molecule has 114 valence electrons. The van der Waals surface area contributed by atoms with Crippen LogP contribution in [0, 0.1) is 6.92 Å². The minimum atomic E-state index is -0.321. The zero-order valence-electron chi connectivity index (χ0n) is 12.6. The molecule has 0 bridgehead atoms. The van der Waals surface area contributed by atoms with E-state index in [1.165, 1.54) is 0 Å². The second-order valence-corrected chi connectivity index (χ2v) is 4.78. The molecule has 0 fully saturated rings. The van der Waals surface area contributed by atoms with Crippen molar-refractivity contribution in [2.75, 3.05) is 19.0 Å². The molecule has 2 aromatic carbocycles. The van der Waals surface area contributed by atoms with Gasteiger partial charge in [0, 0.05) is 7.05 Å². The number of anilines is 1. The molecule has 22 heavy (non-hydrogen) atoms. The number of carbonyl (C=O) groups is 2. The van der Waals surface area contributed by atoms with Crippen LogP contribution >= 0.6 is 0 Å². The van der Waals surface area contributed by atoms with Crippen LogP contribution in [-0.2, 0) is 4.79 Å². The summed E-state index contributed by atoms with van der Waals surface area (Å²) in [4.78, 5) is 23.7. The lowest BCUT2D eigenvalue weighted by molar-refractivity contribution is -0.118. The number of carbonyl (C=O) groups excluding carboxylic acids is 2. The van der Waals surface area contributed by atoms with Gasteiger partial charge in [-0.25, -0.2) is 0 Å². The molecule has 0 aliphatic heterocycles. The highest BCUT2D eigenvalue weighted by atomic mass is 16.5. The summed E-state index contributed by atoms with van der Waals surface area (Å²) in [6, 6.07) is 14.3. The van der Waals surface area contributed by atoms with Gasteiger partial charge in [0.2, 0.25) is 0 Å². The SMILES string of the molecule is CNC(=O)c1ccccc1NC(=O)COc1cccc(C)c1. The average Bonchev–Trinajstić information content (AvgIpc) is 2.53. The molecule has 0 aromatic heterocycles. The Labute approximate surface area is 129 Å². The van der Waals surface area contributed by atoms with Gasteiger partial charge in [-0.2, -0.15) is 0 Å². The summed E-state index contributed by atoms with van der Waals surface area (Å²) >= 11 is 0. The summed E-state index contributed by atoms with van der Waals surface area (Å²) in [5.74, 6) is 0.0584. The van der Waals surface area contributed by atoms with Crippen molar-refractivity contribution in [1.82, 2.24) is 5.32 Å². The molecule has 0 saturated heterocycles. The standard InChI is InChI=1S/C17H18N2O3/c1-12-6-5-7-13(10-12)22-11-16(20)19-15-9-4-3-8-14(15)17(21)18-2/h3-10H,11H2,1-2H3,(H,18,21)(H,19,20). The highest BCUT2D eigenvalue weighted by Gasteiger charge is 2.12. The number of benzene rings is 2. The van der Waals surface area contributed by atoms with Crippen molar-refractivity contribution in [3.8, 4) is 5.75 Å². The molecule has 0 heterocycles. The van der Waals surface area contributed by atoms with Crippen molar-refractivity contribution in [1.29, 1.82) is 0 Å². The maximum Gasteiger partial charge on any atom is 0.262 e. The Morgan fingerprint density at radius 1 is 1.09 bits per heavy atom. The number of hydrogen-bond donors (Lipinski definition) is 2. The monoisotopic (exact) mass is 298 g/mol. The average molecular weight is 298 g/mol. The molecule has 0 radical (unpaired) electrons. The van der Waals surface area contributed by atoms with E-state index in [0.717, 1.165) is 5.56 Å². The summed E-state index contributed by atoms with van der Waals surface area (Å²) in [7, 11) is 1.54. The van der Waals surface area contributed by atoms with Crippen molar-refractivity contribution in [3.05, 3.63) is 59.7 Å². The quantitative estimate of drug-likeness (QED) is 0.890. The first-order chi connectivity index (χ1) is 10.6. The van der Waals surface area contributed by atoms with Gasteiger partial charge in [0.05, 0.1) is 11.3 Å². The van der Waals surface area contributed by atoms with Crippen molar-refractivity contribution >= 4 is 17.5 Å². The summed E-state index contributed by atoms with van der Waals surface area (Å²) in [5, 5.41) is 5.22. The minimum absolute atomic E-state index is 0.120. The molecule has 2 aromatic rings. The second kappa shape index (κ2) is 7.26. The highest BCUT2D eigenvalue weighted by molar-refractivity contribution is 6.03. The number of hydrogen-bond acceptors (Lipinski definition) is 3. The smallest absolute Gasteiger partial charge is 0.262 e. The van der Waals surface area contributed by atoms with Gasteiger partial charge in [0.25, 0.3) is 11.8 Å². The van der Waals surface area contributed by atoms with E-state index in [1.807, 2.05) is 25.1 Å². The predicted molar refractivity (Wildman–Crippen MR) is 85.1 cm³/mol. The van der Waals surface area contributed by atoms with Crippen LogP contribution < -0.4 is 15.4 Å². The maximum absolute atomic E-state index is 12.0. The Morgan fingerprint density at radius 2 is 1.86 bits per heavy atom. The summed E-state index contributed by atoms with van der Waals surface area (Å²) < 4.78 is 5.43. The van der Waals surface area contributed by atoms with Gasteiger partial charge >= 0.3 is 0 Å². The molecular formula is C17H18N2O3. The van der Waals surface area contributed by atoms with Crippen LogP contribution in [0.2, 0.25) is 0 Å². The molecule has 0 aliphatic rings. The molecule has 0 atom stereocenters. The van der Waals surface area contributed by atoms with Crippen LogP contribution in [0.4, 0.5) is 5.69 Å². The molecule has 0 spiro atoms. The van der Waals surface area contributed by atoms with Crippen molar-refractivity contribution < 1.29 is 14.3 Å². The van der Waals surface area contributed by atoms with E-state index in [9.17, 15) is 9.59 Å². The van der Waals surface area contributed by atoms with Gasteiger partial charge in [-0.3, -0.25) is 9.59 Å². The number of para-hydroxylation sites is 1. The fourth-order valence-corrected chi connectivity index (χ4v) is 1.97.